The molecule has 2 heteroatoms. The smallest absolute Gasteiger partial charge is 0.0570 e. The summed E-state index contributed by atoms with van der Waals surface area (Å²) < 4.78 is 0. The number of nitrogens with one attached hydrogen (secondary N) is 1. The minimum atomic E-state index is 0.335. The molecule has 1 atom stereocenters. The molecule has 0 spiro atoms. The van der Waals surface area contributed by atoms with Crippen LogP contribution in [0, 0.1) is 20.8 Å². The van der Waals surface area contributed by atoms with Gasteiger partial charge in [0.15, 0.2) is 0 Å². The number of benzene rings is 1. The van der Waals surface area contributed by atoms with Gasteiger partial charge in [-0.25, -0.2) is 0 Å². The van der Waals surface area contributed by atoms with Crippen LogP contribution in [0.1, 0.15) is 40.9 Å². The first-order valence-corrected chi connectivity index (χ1v) is 6.79. The molecule has 19 heavy (non-hydrogen) atoms. The molecule has 1 aromatic carbocycles. The van der Waals surface area contributed by atoms with Crippen molar-refractivity contribution in [2.75, 3.05) is 0 Å². The van der Waals surface area contributed by atoms with Crippen LogP contribution < -0.4 is 5.32 Å². The lowest BCUT2D eigenvalue weighted by Crippen LogP contribution is -2.20. The first kappa shape index (κ1) is 13.8. The normalized spacial score (nSPS) is 12.4. The van der Waals surface area contributed by atoms with Crippen LogP contribution in [0.5, 0.6) is 0 Å². The number of pyridine rings is 1. The third-order valence-electron chi connectivity index (χ3n) is 3.59. The van der Waals surface area contributed by atoms with E-state index in [1.165, 1.54) is 22.3 Å². The van der Waals surface area contributed by atoms with Crippen molar-refractivity contribution in [1.29, 1.82) is 0 Å². The van der Waals surface area contributed by atoms with E-state index >= 15 is 0 Å². The van der Waals surface area contributed by atoms with Gasteiger partial charge in [-0.1, -0.05) is 29.8 Å². The predicted molar refractivity (Wildman–Crippen MR) is 80.1 cm³/mol. The Morgan fingerprint density at radius 3 is 2.63 bits per heavy atom. The molecular weight excluding hydrogens is 232 g/mol. The molecule has 0 aliphatic rings. The second kappa shape index (κ2) is 5.98. The Morgan fingerprint density at radius 2 is 1.89 bits per heavy atom. The molecule has 100 valence electrons. The van der Waals surface area contributed by atoms with Crippen LogP contribution in [0.2, 0.25) is 0 Å². The number of nitrogens with zero attached hydrogens (tertiary/aromatic N) is 1. The Balaban J connectivity index is 2.07. The second-order valence-corrected chi connectivity index (χ2v) is 5.23. The monoisotopic (exact) mass is 254 g/mol. The number of hydrogen-bond acceptors (Lipinski definition) is 2. The van der Waals surface area contributed by atoms with E-state index in [4.69, 9.17) is 0 Å². The molecule has 0 aliphatic heterocycles. The molecule has 0 radical (unpaired) electrons. The summed E-state index contributed by atoms with van der Waals surface area (Å²) in [5.74, 6) is 0. The first-order valence-electron chi connectivity index (χ1n) is 6.79. The van der Waals surface area contributed by atoms with Crippen molar-refractivity contribution < 1.29 is 0 Å². The largest absolute Gasteiger partial charge is 0.305 e. The third kappa shape index (κ3) is 3.42. The molecular formula is C17H22N2. The van der Waals surface area contributed by atoms with Gasteiger partial charge in [0.25, 0.3) is 0 Å². The van der Waals surface area contributed by atoms with Crippen molar-refractivity contribution in [3.8, 4) is 0 Å². The van der Waals surface area contributed by atoms with E-state index in [1.807, 2.05) is 12.3 Å². The summed E-state index contributed by atoms with van der Waals surface area (Å²) >= 11 is 0. The second-order valence-electron chi connectivity index (χ2n) is 5.23. The molecule has 1 N–H and O–H groups in total. The van der Waals surface area contributed by atoms with Crippen LogP contribution in [-0.4, -0.2) is 4.98 Å². The maximum Gasteiger partial charge on any atom is 0.0570 e. The fourth-order valence-corrected chi connectivity index (χ4v) is 2.29. The number of rotatable bonds is 4. The highest BCUT2D eigenvalue weighted by molar-refractivity contribution is 5.32. The fourth-order valence-electron chi connectivity index (χ4n) is 2.29. The van der Waals surface area contributed by atoms with Gasteiger partial charge < -0.3 is 5.32 Å². The zero-order valence-electron chi connectivity index (χ0n) is 12.2. The lowest BCUT2D eigenvalue weighted by molar-refractivity contribution is 0.563. The van der Waals surface area contributed by atoms with E-state index in [0.29, 0.717) is 6.04 Å². The summed E-state index contributed by atoms with van der Waals surface area (Å²) in [6, 6.07) is 11.0. The molecule has 2 aromatic rings. The summed E-state index contributed by atoms with van der Waals surface area (Å²) in [4.78, 5) is 4.42. The summed E-state index contributed by atoms with van der Waals surface area (Å²) in [6.45, 7) is 9.42. The molecule has 1 aromatic heterocycles. The van der Waals surface area contributed by atoms with Crippen molar-refractivity contribution in [2.24, 2.45) is 0 Å². The van der Waals surface area contributed by atoms with Crippen LogP contribution in [0.25, 0.3) is 0 Å². The van der Waals surface area contributed by atoms with Gasteiger partial charge >= 0.3 is 0 Å². The van der Waals surface area contributed by atoms with Crippen molar-refractivity contribution in [1.82, 2.24) is 10.3 Å². The van der Waals surface area contributed by atoms with Crippen LogP contribution >= 0.6 is 0 Å². The van der Waals surface area contributed by atoms with Crippen molar-refractivity contribution in [3.63, 3.8) is 0 Å². The zero-order valence-corrected chi connectivity index (χ0v) is 12.2. The van der Waals surface area contributed by atoms with Crippen molar-refractivity contribution >= 4 is 0 Å². The fraction of sp³-hybridized carbons (Fsp3) is 0.353. The van der Waals surface area contributed by atoms with Gasteiger partial charge in [0, 0.05) is 18.8 Å². The number of hydrogen-bond donors (Lipinski definition) is 1. The summed E-state index contributed by atoms with van der Waals surface area (Å²) in [5.41, 5.74) is 6.38. The highest BCUT2D eigenvalue weighted by Gasteiger charge is 2.09. The molecule has 0 bridgehead atoms. The Labute approximate surface area is 115 Å². The molecule has 0 saturated heterocycles. The van der Waals surface area contributed by atoms with E-state index in [-0.39, 0.29) is 0 Å². The number of aryl methyl sites for hydroxylation is 3. The van der Waals surface area contributed by atoms with E-state index in [0.717, 1.165) is 12.2 Å². The van der Waals surface area contributed by atoms with Crippen molar-refractivity contribution in [2.45, 2.75) is 40.3 Å². The molecule has 1 unspecified atom stereocenters. The molecule has 0 amide bonds. The van der Waals surface area contributed by atoms with Crippen LogP contribution in [0.15, 0.2) is 36.5 Å². The van der Waals surface area contributed by atoms with Gasteiger partial charge in [-0.3, -0.25) is 4.98 Å². The van der Waals surface area contributed by atoms with Gasteiger partial charge in [-0.2, -0.15) is 0 Å². The Bertz CT molecular complexity index is 561. The standard InChI is InChI=1S/C17H22N2/c1-12-7-8-13(2)16(10-12)15(4)19-11-17-14(3)6-5-9-18-17/h5-10,15,19H,11H2,1-4H3. The summed E-state index contributed by atoms with van der Waals surface area (Å²) in [5, 5.41) is 3.56. The molecule has 0 fully saturated rings. The summed E-state index contributed by atoms with van der Waals surface area (Å²) in [6.07, 6.45) is 1.85. The van der Waals surface area contributed by atoms with E-state index in [1.54, 1.807) is 0 Å². The van der Waals surface area contributed by atoms with Crippen LogP contribution in [0.3, 0.4) is 0 Å². The SMILES string of the molecule is Cc1ccc(C)c(C(C)NCc2ncccc2C)c1. The first-order chi connectivity index (χ1) is 9.08. The van der Waals surface area contributed by atoms with Gasteiger partial charge in [-0.05, 0) is 50.5 Å². The van der Waals surface area contributed by atoms with E-state index < -0.39 is 0 Å². The third-order valence-corrected chi connectivity index (χ3v) is 3.59. The summed E-state index contributed by atoms with van der Waals surface area (Å²) in [7, 11) is 0. The number of aromatic nitrogens is 1. The van der Waals surface area contributed by atoms with Gasteiger partial charge in [0.2, 0.25) is 0 Å². The average molecular weight is 254 g/mol. The highest BCUT2D eigenvalue weighted by Crippen LogP contribution is 2.19. The molecule has 2 nitrogen and oxygen atoms in total. The molecule has 2 rings (SSSR count). The van der Waals surface area contributed by atoms with Crippen LogP contribution in [-0.2, 0) is 6.54 Å². The maximum atomic E-state index is 4.42. The quantitative estimate of drug-likeness (QED) is 0.896. The zero-order chi connectivity index (χ0) is 13.8. The minimum absolute atomic E-state index is 0.335. The van der Waals surface area contributed by atoms with E-state index in [9.17, 15) is 0 Å². The van der Waals surface area contributed by atoms with Gasteiger partial charge in [0.05, 0.1) is 5.69 Å². The van der Waals surface area contributed by atoms with E-state index in [2.05, 4.69) is 62.3 Å². The van der Waals surface area contributed by atoms with Gasteiger partial charge in [-0.15, -0.1) is 0 Å². The minimum Gasteiger partial charge on any atom is -0.305 e. The molecule has 0 aliphatic carbocycles. The van der Waals surface area contributed by atoms with Gasteiger partial charge in [0.1, 0.15) is 0 Å². The maximum absolute atomic E-state index is 4.42. The molecule has 0 saturated carbocycles. The Morgan fingerprint density at radius 1 is 1.11 bits per heavy atom. The Kier molecular flexibility index (Phi) is 4.33. The van der Waals surface area contributed by atoms with Crippen molar-refractivity contribution in [3.05, 3.63) is 64.5 Å². The Hall–Kier alpha value is -1.67. The lowest BCUT2D eigenvalue weighted by Gasteiger charge is -2.17. The average Bonchev–Trinajstić information content (AvgIpc) is 2.40. The highest BCUT2D eigenvalue weighted by atomic mass is 14.9. The predicted octanol–water partition coefficient (Wildman–Crippen LogP) is 3.86. The topological polar surface area (TPSA) is 24.9 Å². The molecule has 1 heterocycles. The van der Waals surface area contributed by atoms with Crippen LogP contribution in [0.4, 0.5) is 0 Å². The lowest BCUT2D eigenvalue weighted by atomic mass is 10.00.